The summed E-state index contributed by atoms with van der Waals surface area (Å²) in [5.41, 5.74) is 0. The zero-order valence-electron chi connectivity index (χ0n) is 46.7. The van der Waals surface area contributed by atoms with E-state index in [4.69, 9.17) is 14.2 Å². The van der Waals surface area contributed by atoms with E-state index in [0.717, 1.165) is 89.9 Å². The molecule has 6 heteroatoms. The summed E-state index contributed by atoms with van der Waals surface area (Å²) in [7, 11) is 0. The molecule has 0 aromatic rings. The van der Waals surface area contributed by atoms with Gasteiger partial charge in [-0.2, -0.15) is 0 Å². The Morgan fingerprint density at radius 2 is 0.549 bits per heavy atom. The van der Waals surface area contributed by atoms with E-state index in [9.17, 15) is 14.4 Å². The molecule has 0 unspecified atom stereocenters. The molecule has 0 spiro atoms. The first-order chi connectivity index (χ1) is 35.0. The predicted octanol–water partition coefficient (Wildman–Crippen LogP) is 20.3. The molecule has 71 heavy (non-hydrogen) atoms. The van der Waals surface area contributed by atoms with Crippen molar-refractivity contribution in [3.63, 3.8) is 0 Å². The molecule has 0 saturated carbocycles. The van der Waals surface area contributed by atoms with Gasteiger partial charge < -0.3 is 14.2 Å². The quantitative estimate of drug-likeness (QED) is 0.0261. The van der Waals surface area contributed by atoms with E-state index in [1.807, 2.05) is 0 Å². The van der Waals surface area contributed by atoms with Crippen molar-refractivity contribution in [3.8, 4) is 0 Å². The Balaban J connectivity index is 4.42. The SMILES string of the molecule is CC/C=C\C/C=C\C/C=C\C/C=C\CCCCC(=O)OC[C@H](COC(=O)CCCCCCCCCCC/C=C\C/C=C\CCCCC)OC(=O)CCCCCCCCCCC/C=C\CCCCCCCC. The number of carbonyl (C=O) groups is 3. The van der Waals surface area contributed by atoms with Crippen LogP contribution < -0.4 is 0 Å². The fourth-order valence-corrected chi connectivity index (χ4v) is 8.34. The van der Waals surface area contributed by atoms with Gasteiger partial charge in [0.25, 0.3) is 0 Å². The van der Waals surface area contributed by atoms with Crippen LogP contribution >= 0.6 is 0 Å². The van der Waals surface area contributed by atoms with Crippen molar-refractivity contribution in [1.82, 2.24) is 0 Å². The molecular formula is C65H112O6. The van der Waals surface area contributed by atoms with Crippen molar-refractivity contribution in [2.75, 3.05) is 13.2 Å². The monoisotopic (exact) mass is 989 g/mol. The van der Waals surface area contributed by atoms with E-state index in [2.05, 4.69) is 106 Å². The number of hydrogen-bond donors (Lipinski definition) is 0. The maximum Gasteiger partial charge on any atom is 0.306 e. The lowest BCUT2D eigenvalue weighted by Gasteiger charge is -2.18. The zero-order valence-corrected chi connectivity index (χ0v) is 46.7. The van der Waals surface area contributed by atoms with Crippen LogP contribution in [-0.2, 0) is 28.6 Å². The fraction of sp³-hybridized carbons (Fsp3) is 0.738. The maximum absolute atomic E-state index is 12.9. The standard InChI is InChI=1S/C65H112O6/c1-4-7-10-13-16-19-22-25-28-30-32-34-37-40-43-46-49-52-55-58-64(67)70-61-62(60-69-63(66)57-54-51-48-45-42-39-36-27-24-21-18-15-12-9-6-3)71-65(68)59-56-53-50-47-44-41-38-35-33-31-29-26-23-20-17-14-11-8-5-2/h9,12,16,18-19,21,25-29,36,42,45,62H,4-8,10-11,13-15,17,20,22-24,30-35,37-41,43-44,46-61H2,1-3H3/b12-9-,19-16-,21-18-,28-25-,29-26-,36-27-,45-42-/t62-/m1/s1. The van der Waals surface area contributed by atoms with Gasteiger partial charge >= 0.3 is 17.9 Å². The minimum atomic E-state index is -0.797. The molecule has 0 aromatic heterocycles. The van der Waals surface area contributed by atoms with Crippen LogP contribution in [0.25, 0.3) is 0 Å². The van der Waals surface area contributed by atoms with E-state index in [0.29, 0.717) is 19.3 Å². The van der Waals surface area contributed by atoms with Crippen LogP contribution in [0.3, 0.4) is 0 Å². The number of allylic oxidation sites excluding steroid dienone is 14. The Kier molecular flexibility index (Phi) is 56.3. The normalized spacial score (nSPS) is 12.7. The third-order valence-corrected chi connectivity index (χ3v) is 12.9. The molecule has 6 nitrogen and oxygen atoms in total. The van der Waals surface area contributed by atoms with E-state index < -0.39 is 6.10 Å². The summed E-state index contributed by atoms with van der Waals surface area (Å²) in [6.45, 7) is 6.48. The Labute approximate surface area is 439 Å². The molecule has 0 aliphatic rings. The van der Waals surface area contributed by atoms with Crippen molar-refractivity contribution in [1.29, 1.82) is 0 Å². The fourth-order valence-electron chi connectivity index (χ4n) is 8.34. The predicted molar refractivity (Wildman–Crippen MR) is 307 cm³/mol. The average molecular weight is 990 g/mol. The number of esters is 3. The van der Waals surface area contributed by atoms with Gasteiger partial charge in [0.2, 0.25) is 0 Å². The van der Waals surface area contributed by atoms with Crippen molar-refractivity contribution in [2.24, 2.45) is 0 Å². The second-order valence-corrected chi connectivity index (χ2v) is 19.9. The maximum atomic E-state index is 12.9. The van der Waals surface area contributed by atoms with Crippen LogP contribution in [0.4, 0.5) is 0 Å². The van der Waals surface area contributed by atoms with E-state index in [-0.39, 0.29) is 31.1 Å². The molecule has 408 valence electrons. The Morgan fingerprint density at radius 1 is 0.296 bits per heavy atom. The summed E-state index contributed by atoms with van der Waals surface area (Å²) in [5, 5.41) is 0. The molecule has 0 rings (SSSR count). The minimum absolute atomic E-state index is 0.0921. The Morgan fingerprint density at radius 3 is 0.930 bits per heavy atom. The molecule has 0 amide bonds. The van der Waals surface area contributed by atoms with Crippen LogP contribution in [0.5, 0.6) is 0 Å². The summed E-state index contributed by atoms with van der Waals surface area (Å²) in [4.78, 5) is 38.2. The lowest BCUT2D eigenvalue weighted by molar-refractivity contribution is -0.167. The van der Waals surface area contributed by atoms with Gasteiger partial charge in [-0.05, 0) is 116 Å². The highest BCUT2D eigenvalue weighted by atomic mass is 16.6. The van der Waals surface area contributed by atoms with Gasteiger partial charge in [-0.25, -0.2) is 0 Å². The molecular weight excluding hydrogens is 877 g/mol. The first-order valence-corrected chi connectivity index (χ1v) is 30.1. The average Bonchev–Trinajstić information content (AvgIpc) is 3.37. The largest absolute Gasteiger partial charge is 0.462 e. The van der Waals surface area contributed by atoms with Crippen LogP contribution in [0.2, 0.25) is 0 Å². The van der Waals surface area contributed by atoms with Crippen LogP contribution in [0.15, 0.2) is 85.1 Å². The summed E-state index contributed by atoms with van der Waals surface area (Å²) in [6, 6.07) is 0. The number of carbonyl (C=O) groups excluding carboxylic acids is 3. The third-order valence-electron chi connectivity index (χ3n) is 12.9. The lowest BCUT2D eigenvalue weighted by atomic mass is 10.1. The van der Waals surface area contributed by atoms with E-state index in [1.54, 1.807) is 0 Å². The molecule has 0 fully saturated rings. The van der Waals surface area contributed by atoms with Crippen LogP contribution in [0, 0.1) is 0 Å². The molecule has 1 atom stereocenters. The smallest absolute Gasteiger partial charge is 0.306 e. The Bertz CT molecular complexity index is 1370. The first kappa shape index (κ1) is 67.6. The molecule has 0 N–H and O–H groups in total. The third kappa shape index (κ3) is 57.4. The van der Waals surface area contributed by atoms with Gasteiger partial charge in [0.05, 0.1) is 0 Å². The summed E-state index contributed by atoms with van der Waals surface area (Å²) < 4.78 is 16.9. The lowest BCUT2D eigenvalue weighted by Crippen LogP contribution is -2.30. The second-order valence-electron chi connectivity index (χ2n) is 19.9. The zero-order chi connectivity index (χ0) is 51.4. The topological polar surface area (TPSA) is 78.9 Å². The molecule has 0 aliphatic carbocycles. The molecule has 0 heterocycles. The van der Waals surface area contributed by atoms with Crippen molar-refractivity contribution >= 4 is 17.9 Å². The molecule has 0 saturated heterocycles. The van der Waals surface area contributed by atoms with Gasteiger partial charge in [-0.15, -0.1) is 0 Å². The number of ether oxygens (including phenoxy) is 3. The molecule has 0 radical (unpaired) electrons. The highest BCUT2D eigenvalue weighted by Gasteiger charge is 2.19. The van der Waals surface area contributed by atoms with Crippen LogP contribution in [0.1, 0.15) is 290 Å². The van der Waals surface area contributed by atoms with Crippen molar-refractivity contribution < 1.29 is 28.6 Å². The summed E-state index contributed by atoms with van der Waals surface area (Å²) in [6.07, 6.45) is 77.2. The summed E-state index contributed by atoms with van der Waals surface area (Å²) in [5.74, 6) is -0.933. The number of unbranched alkanes of at least 4 members (excludes halogenated alkanes) is 29. The number of hydrogen-bond acceptors (Lipinski definition) is 6. The molecule has 0 bridgehead atoms. The van der Waals surface area contributed by atoms with Crippen molar-refractivity contribution in [2.45, 2.75) is 297 Å². The highest BCUT2D eigenvalue weighted by Crippen LogP contribution is 2.15. The van der Waals surface area contributed by atoms with Crippen LogP contribution in [-0.4, -0.2) is 37.2 Å². The highest BCUT2D eigenvalue weighted by molar-refractivity contribution is 5.71. The van der Waals surface area contributed by atoms with Gasteiger partial charge in [0, 0.05) is 19.3 Å². The minimum Gasteiger partial charge on any atom is -0.462 e. The van der Waals surface area contributed by atoms with Gasteiger partial charge in [-0.3, -0.25) is 14.4 Å². The Hall–Kier alpha value is -3.41. The van der Waals surface area contributed by atoms with E-state index >= 15 is 0 Å². The van der Waals surface area contributed by atoms with Gasteiger partial charge in [-0.1, -0.05) is 241 Å². The molecule has 0 aliphatic heterocycles. The number of rotatable bonds is 54. The van der Waals surface area contributed by atoms with E-state index in [1.165, 1.54) is 161 Å². The summed E-state index contributed by atoms with van der Waals surface area (Å²) >= 11 is 0. The molecule has 0 aromatic carbocycles. The first-order valence-electron chi connectivity index (χ1n) is 30.1. The second kappa shape index (κ2) is 59.2. The van der Waals surface area contributed by atoms with Gasteiger partial charge in [0.15, 0.2) is 6.10 Å². The van der Waals surface area contributed by atoms with Crippen molar-refractivity contribution in [3.05, 3.63) is 85.1 Å². The van der Waals surface area contributed by atoms with Gasteiger partial charge in [0.1, 0.15) is 13.2 Å².